The van der Waals surface area contributed by atoms with E-state index in [2.05, 4.69) is 10.3 Å². The smallest absolute Gasteiger partial charge is 0.413 e. The number of anilines is 1. The monoisotopic (exact) mass is 361 g/mol. The van der Waals surface area contributed by atoms with Crippen molar-refractivity contribution >= 4 is 11.9 Å². The highest BCUT2D eigenvalue weighted by atomic mass is 19.3. The van der Waals surface area contributed by atoms with Gasteiger partial charge in [-0.15, -0.1) is 0 Å². The van der Waals surface area contributed by atoms with Crippen LogP contribution in [0.1, 0.15) is 33.9 Å². The maximum atomic E-state index is 14.3. The molecule has 0 unspecified atom stereocenters. The normalized spacial score (nSPS) is 25.6. The van der Waals surface area contributed by atoms with Crippen molar-refractivity contribution in [3.63, 3.8) is 0 Å². The van der Waals surface area contributed by atoms with E-state index in [0.29, 0.717) is 4.57 Å². The van der Waals surface area contributed by atoms with Crippen molar-refractivity contribution in [2.75, 3.05) is 11.9 Å². The molecule has 1 aliphatic rings. The Bertz CT molecular complexity index is 701. The number of rotatable bonds is 3. The molecule has 1 saturated heterocycles. The second-order valence-electron chi connectivity index (χ2n) is 6.80. The van der Waals surface area contributed by atoms with Gasteiger partial charge in [-0.25, -0.2) is 18.4 Å². The molecular formula is C15H21F2N3O5. The summed E-state index contributed by atoms with van der Waals surface area (Å²) in [5.41, 5.74) is -1.77. The van der Waals surface area contributed by atoms with Gasteiger partial charge in [0.15, 0.2) is 0 Å². The fourth-order valence-corrected chi connectivity index (χ4v) is 2.37. The third-order valence-electron chi connectivity index (χ3n) is 3.69. The van der Waals surface area contributed by atoms with E-state index in [1.54, 1.807) is 20.8 Å². The number of halogens is 2. The van der Waals surface area contributed by atoms with Crippen molar-refractivity contribution in [3.8, 4) is 0 Å². The van der Waals surface area contributed by atoms with Gasteiger partial charge in [0, 0.05) is 6.20 Å². The van der Waals surface area contributed by atoms with Crippen molar-refractivity contribution in [2.24, 2.45) is 5.92 Å². The lowest BCUT2D eigenvalue weighted by atomic mass is 10.00. The molecule has 1 fully saturated rings. The zero-order valence-electron chi connectivity index (χ0n) is 14.3. The fraction of sp³-hybridized carbons (Fsp3) is 0.667. The minimum atomic E-state index is -3.36. The van der Waals surface area contributed by atoms with Gasteiger partial charge < -0.3 is 14.6 Å². The Morgan fingerprint density at radius 2 is 2.16 bits per heavy atom. The molecule has 1 aliphatic heterocycles. The van der Waals surface area contributed by atoms with Crippen LogP contribution >= 0.6 is 0 Å². The van der Waals surface area contributed by atoms with E-state index in [-0.39, 0.29) is 5.82 Å². The van der Waals surface area contributed by atoms with Crippen molar-refractivity contribution < 1.29 is 28.2 Å². The minimum Gasteiger partial charge on any atom is -0.444 e. The van der Waals surface area contributed by atoms with Gasteiger partial charge in [0.05, 0.1) is 18.6 Å². The number of ether oxygens (including phenoxy) is 2. The maximum Gasteiger partial charge on any atom is 0.413 e. The molecule has 1 amide bonds. The average Bonchev–Trinajstić information content (AvgIpc) is 2.68. The lowest BCUT2D eigenvalue weighted by molar-refractivity contribution is -0.126. The summed E-state index contributed by atoms with van der Waals surface area (Å²) in [5, 5.41) is 11.4. The van der Waals surface area contributed by atoms with Gasteiger partial charge >= 0.3 is 11.8 Å². The molecule has 25 heavy (non-hydrogen) atoms. The minimum absolute atomic E-state index is 0.136. The summed E-state index contributed by atoms with van der Waals surface area (Å²) < 4.78 is 39.3. The van der Waals surface area contributed by atoms with E-state index in [1.807, 2.05) is 0 Å². The lowest BCUT2D eigenvalue weighted by Gasteiger charge is -2.22. The number of hydrogen-bond acceptors (Lipinski definition) is 6. The number of carbonyl (C=O) groups is 1. The number of alkyl halides is 2. The van der Waals surface area contributed by atoms with Gasteiger partial charge in [0.2, 0.25) is 6.23 Å². The van der Waals surface area contributed by atoms with E-state index in [0.717, 1.165) is 6.20 Å². The molecule has 1 aromatic rings. The number of carbonyl (C=O) groups excluding carboxylic acids is 1. The summed E-state index contributed by atoms with van der Waals surface area (Å²) in [5.74, 6) is -4.77. The third kappa shape index (κ3) is 4.13. The first-order valence-electron chi connectivity index (χ1n) is 7.69. The van der Waals surface area contributed by atoms with Crippen LogP contribution < -0.4 is 11.0 Å². The van der Waals surface area contributed by atoms with Gasteiger partial charge in [-0.05, 0) is 26.8 Å². The first kappa shape index (κ1) is 19.3. The van der Waals surface area contributed by atoms with Crippen LogP contribution in [0.3, 0.4) is 0 Å². The van der Waals surface area contributed by atoms with Crippen LogP contribution in [-0.2, 0) is 9.47 Å². The summed E-state index contributed by atoms with van der Waals surface area (Å²) in [6, 6.07) is 1.18. The number of nitrogens with zero attached hydrogens (tertiary/aromatic N) is 2. The Morgan fingerprint density at radius 1 is 1.52 bits per heavy atom. The number of nitrogens with one attached hydrogen (secondary N) is 1. The standard InChI is InChI=1S/C15H21F2N3O5/c1-8-9(7-21)24-11(15(8,16)17)20-6-5-10(18-12(20)22)19-13(23)25-14(2,3)4/h5-6,8-9,11,21H,7H2,1-4H3,(H,18,19,22,23)/t8-,9+,11+/m0/s1. The molecule has 0 saturated carbocycles. The maximum absolute atomic E-state index is 14.3. The molecule has 8 nitrogen and oxygen atoms in total. The molecule has 0 bridgehead atoms. The number of aliphatic hydroxyl groups is 1. The van der Waals surface area contributed by atoms with Crippen LogP contribution in [-0.4, -0.2) is 45.0 Å². The van der Waals surface area contributed by atoms with Crippen LogP contribution in [0.25, 0.3) is 0 Å². The number of hydrogen-bond donors (Lipinski definition) is 2. The van der Waals surface area contributed by atoms with Crippen molar-refractivity contribution in [1.29, 1.82) is 0 Å². The summed E-state index contributed by atoms with van der Waals surface area (Å²) in [6.45, 7) is 5.63. The van der Waals surface area contributed by atoms with Crippen LogP contribution in [0, 0.1) is 5.92 Å². The quantitative estimate of drug-likeness (QED) is 0.850. The number of aliphatic hydroxyl groups excluding tert-OH is 1. The van der Waals surface area contributed by atoms with Gasteiger partial charge in [0.1, 0.15) is 11.4 Å². The van der Waals surface area contributed by atoms with Crippen molar-refractivity contribution in [1.82, 2.24) is 9.55 Å². The van der Waals surface area contributed by atoms with E-state index >= 15 is 0 Å². The van der Waals surface area contributed by atoms with E-state index in [4.69, 9.17) is 14.6 Å². The molecule has 2 heterocycles. The predicted molar refractivity (Wildman–Crippen MR) is 83.5 cm³/mol. The zero-order chi connectivity index (χ0) is 19.0. The Kier molecular flexibility index (Phi) is 5.14. The van der Waals surface area contributed by atoms with Gasteiger partial charge in [0.25, 0.3) is 5.92 Å². The fourth-order valence-electron chi connectivity index (χ4n) is 2.37. The average molecular weight is 361 g/mol. The first-order valence-corrected chi connectivity index (χ1v) is 7.69. The SMILES string of the molecule is C[C@H]1[C@@H](CO)O[C@@H](n2ccc(NC(=O)OC(C)(C)C)nc2=O)C1(F)F. The Hall–Kier alpha value is -2.07. The number of aromatic nitrogens is 2. The molecule has 2 rings (SSSR count). The highest BCUT2D eigenvalue weighted by molar-refractivity contribution is 5.83. The summed E-state index contributed by atoms with van der Waals surface area (Å²) >= 11 is 0. The second kappa shape index (κ2) is 6.68. The lowest BCUT2D eigenvalue weighted by Crippen LogP contribution is -2.38. The summed E-state index contributed by atoms with van der Waals surface area (Å²) in [6.07, 6.45) is -2.75. The molecule has 0 spiro atoms. The highest BCUT2D eigenvalue weighted by Crippen LogP contribution is 2.45. The van der Waals surface area contributed by atoms with Crippen LogP contribution in [0.5, 0.6) is 0 Å². The van der Waals surface area contributed by atoms with E-state index < -0.39 is 48.2 Å². The van der Waals surface area contributed by atoms with Crippen LogP contribution in [0.15, 0.2) is 17.1 Å². The molecule has 3 atom stereocenters. The zero-order valence-corrected chi connectivity index (χ0v) is 14.3. The third-order valence-corrected chi connectivity index (χ3v) is 3.69. The predicted octanol–water partition coefficient (Wildman–Crippen LogP) is 1.75. The molecule has 0 aromatic carbocycles. The molecule has 1 aromatic heterocycles. The topological polar surface area (TPSA) is 103 Å². The number of amides is 1. The summed E-state index contributed by atoms with van der Waals surface area (Å²) in [4.78, 5) is 27.3. The van der Waals surface area contributed by atoms with Crippen LogP contribution in [0.4, 0.5) is 19.4 Å². The highest BCUT2D eigenvalue weighted by Gasteiger charge is 2.57. The molecule has 2 N–H and O–H groups in total. The van der Waals surface area contributed by atoms with Crippen molar-refractivity contribution in [2.45, 2.75) is 51.6 Å². The first-order chi connectivity index (χ1) is 11.5. The second-order valence-corrected chi connectivity index (χ2v) is 6.80. The molecule has 0 radical (unpaired) electrons. The molecular weight excluding hydrogens is 340 g/mol. The Balaban J connectivity index is 2.20. The van der Waals surface area contributed by atoms with Gasteiger partial charge in [-0.2, -0.15) is 4.98 Å². The molecule has 140 valence electrons. The van der Waals surface area contributed by atoms with E-state index in [1.165, 1.54) is 13.0 Å². The largest absolute Gasteiger partial charge is 0.444 e. The van der Waals surface area contributed by atoms with E-state index in [9.17, 15) is 18.4 Å². The van der Waals surface area contributed by atoms with Crippen molar-refractivity contribution in [3.05, 3.63) is 22.7 Å². The summed E-state index contributed by atoms with van der Waals surface area (Å²) in [7, 11) is 0. The molecule has 0 aliphatic carbocycles. The molecule has 10 heteroatoms. The Labute approximate surface area is 142 Å². The van der Waals surface area contributed by atoms with Gasteiger partial charge in [-0.1, -0.05) is 6.92 Å². The Morgan fingerprint density at radius 3 is 2.64 bits per heavy atom. The van der Waals surface area contributed by atoms with Crippen LogP contribution in [0.2, 0.25) is 0 Å². The van der Waals surface area contributed by atoms with Gasteiger partial charge in [-0.3, -0.25) is 9.88 Å².